The zero-order valence-corrected chi connectivity index (χ0v) is 32.7. The maximum absolute atomic E-state index is 12.6. The number of fused-ring (bicyclic) bond motifs is 1. The molecule has 56 heavy (non-hydrogen) atoms. The van der Waals surface area contributed by atoms with Crippen LogP contribution in [0.1, 0.15) is 26.5 Å². The van der Waals surface area contributed by atoms with Crippen molar-refractivity contribution in [1.82, 2.24) is 30.2 Å². The highest BCUT2D eigenvalue weighted by molar-refractivity contribution is 8.13. The summed E-state index contributed by atoms with van der Waals surface area (Å²) in [5.41, 5.74) is 4.16. The molecule has 8 atom stereocenters. The lowest BCUT2D eigenvalue weighted by Crippen LogP contribution is -2.46. The third kappa shape index (κ3) is 13.6. The number of hydrogen-bond acceptors (Lipinski definition) is 21. The van der Waals surface area contributed by atoms with Crippen LogP contribution < -0.4 is 16.4 Å². The van der Waals surface area contributed by atoms with Crippen molar-refractivity contribution < 1.29 is 95.5 Å². The van der Waals surface area contributed by atoms with E-state index < -0.39 is 108 Å². The first-order valence-corrected chi connectivity index (χ1v) is 21.3. The molecule has 2 aromatic heterocycles. The van der Waals surface area contributed by atoms with Crippen LogP contribution in [0.15, 0.2) is 12.7 Å². The van der Waals surface area contributed by atoms with Crippen LogP contribution in [0, 0.1) is 5.41 Å². The van der Waals surface area contributed by atoms with E-state index in [4.69, 9.17) is 24.6 Å². The largest absolute Gasteiger partial charge is 0.481 e. The Morgan fingerprint density at radius 1 is 1.04 bits per heavy atom. The highest BCUT2D eigenvalue weighted by Gasteiger charge is 2.50. The molecule has 1 aliphatic rings. The van der Waals surface area contributed by atoms with Gasteiger partial charge in [0.25, 0.3) is 0 Å². The predicted octanol–water partition coefficient (Wildman–Crippen LogP) is -3.41. The summed E-state index contributed by atoms with van der Waals surface area (Å²) >= 11 is 0.540. The first-order valence-electron chi connectivity index (χ1n) is 15.7. The van der Waals surface area contributed by atoms with Crippen LogP contribution >= 0.6 is 35.2 Å². The van der Waals surface area contributed by atoms with Crippen LogP contribution in [0.25, 0.3) is 11.2 Å². The zero-order chi connectivity index (χ0) is 42.2. The number of aromatic nitrogens is 4. The van der Waals surface area contributed by atoms with Crippen LogP contribution in [0.4, 0.5) is 5.82 Å². The maximum Gasteiger partial charge on any atom is 0.481 e. The van der Waals surface area contributed by atoms with Gasteiger partial charge in [-0.3, -0.25) is 37.3 Å². The number of carbonyl (C=O) groups is 4. The van der Waals surface area contributed by atoms with E-state index in [1.54, 1.807) is 0 Å². The minimum absolute atomic E-state index is 0.0130. The van der Waals surface area contributed by atoms with E-state index in [1.807, 2.05) is 0 Å². The molecule has 0 aliphatic carbocycles. The van der Waals surface area contributed by atoms with Gasteiger partial charge in [-0.15, -0.1) is 0 Å². The minimum Gasteiger partial charge on any atom is -0.388 e. The summed E-state index contributed by atoms with van der Waals surface area (Å²) < 4.78 is 61.8. The number of nitrogens with one attached hydrogen (secondary N) is 2. The van der Waals surface area contributed by atoms with Gasteiger partial charge in [-0.2, -0.15) is 4.31 Å². The lowest BCUT2D eigenvalue weighted by atomic mass is 9.87. The van der Waals surface area contributed by atoms with E-state index in [0.717, 1.165) is 17.2 Å². The van der Waals surface area contributed by atoms with Crippen molar-refractivity contribution in [2.75, 3.05) is 44.4 Å². The average Bonchev–Trinajstić information content (AvgIpc) is 3.67. The zero-order valence-electron chi connectivity index (χ0n) is 29.2. The summed E-state index contributed by atoms with van der Waals surface area (Å²) in [5.74, 6) is -2.81. The minimum atomic E-state index is -5.60. The molecule has 31 heteroatoms. The fourth-order valence-corrected chi connectivity index (χ4v) is 8.10. The molecule has 2 aromatic rings. The number of phosphoric acid groups is 3. The van der Waals surface area contributed by atoms with E-state index >= 15 is 0 Å². The van der Waals surface area contributed by atoms with E-state index in [0.29, 0.717) is 11.8 Å². The lowest BCUT2D eigenvalue weighted by molar-refractivity contribution is -0.137. The Labute approximate surface area is 319 Å². The van der Waals surface area contributed by atoms with Gasteiger partial charge in [0, 0.05) is 30.7 Å². The molecular formula is C25H40N7O20P3S. The highest BCUT2D eigenvalue weighted by atomic mass is 32.2. The van der Waals surface area contributed by atoms with E-state index in [2.05, 4.69) is 34.4 Å². The summed E-state index contributed by atoms with van der Waals surface area (Å²) in [5, 5.41) is 43.2. The topological polar surface area (TPSA) is 421 Å². The van der Waals surface area contributed by atoms with Gasteiger partial charge >= 0.3 is 23.5 Å². The van der Waals surface area contributed by atoms with Gasteiger partial charge in [0.1, 0.15) is 42.9 Å². The number of rotatable bonds is 22. The van der Waals surface area contributed by atoms with Gasteiger partial charge in [-0.25, -0.2) is 28.6 Å². The molecule has 3 heterocycles. The number of ether oxygens (including phenoxy) is 1. The quantitative estimate of drug-likeness (QED) is 0.0312. The second-order valence-electron chi connectivity index (χ2n) is 12.3. The monoisotopic (exact) mass is 883 g/mol. The molecule has 1 fully saturated rings. The number of anilines is 1. The number of amides is 2. The van der Waals surface area contributed by atoms with Crippen LogP contribution in [0.5, 0.6) is 0 Å². The second kappa shape index (κ2) is 19.7. The number of phosphoric ester groups is 3. The molecule has 316 valence electrons. The summed E-state index contributed by atoms with van der Waals surface area (Å²) in [6.45, 7) is -1.07. The molecule has 1 aliphatic heterocycles. The number of nitrogen functional groups attached to an aromatic ring is 1. The van der Waals surface area contributed by atoms with E-state index in [-0.39, 0.29) is 42.2 Å². The molecule has 0 radical (unpaired) electrons. The standard InChI is InChI=1S/C25H40N7O20P3S/c1-25(2,19(38)22(39)28-4-3-14(35)27-5-6-56-24(40)16(36)12(34)7-33)9-49-55(46,47)52-54(44,45)48-8-13-18(51-53(41,42)43)17(37)23(50-13)32-11-31-15-20(26)29-10-30-21(15)32/h10-11,13,16-19,23,33,36-38H,3-9H2,1-2H3,(H,27,35)(H,28,39)(H,44,45)(H,46,47)(H2,26,29,30)(H2,41,42,43)/t13-,16?,17-,18-,19+,23-/m1/s1. The van der Waals surface area contributed by atoms with Gasteiger partial charge in [-0.05, 0) is 0 Å². The van der Waals surface area contributed by atoms with Crippen molar-refractivity contribution in [3.05, 3.63) is 12.7 Å². The van der Waals surface area contributed by atoms with Crippen molar-refractivity contribution in [2.24, 2.45) is 5.41 Å². The van der Waals surface area contributed by atoms with Gasteiger partial charge in [0.05, 0.1) is 19.5 Å². The van der Waals surface area contributed by atoms with Gasteiger partial charge in [-0.1, -0.05) is 25.6 Å². The second-order valence-corrected chi connectivity index (χ2v) is 17.6. The van der Waals surface area contributed by atoms with Crippen molar-refractivity contribution in [1.29, 1.82) is 0 Å². The SMILES string of the molecule is CC(C)(COP(=O)(O)OP(=O)(O)OC[C@H]1O[C@@H](n2cnc3c(N)ncnc32)[C@H](O)[C@@H]1OP(=O)(O)O)[C@@H](O)C(=O)NCCC(=O)NCCSC(=O)C(O)C(=O)CO. The number of Topliss-reactive ketones (excluding diaryl/α,β-unsaturated/α-hetero) is 1. The Hall–Kier alpha value is -2.85. The number of nitrogens with two attached hydrogens (primary N) is 1. The van der Waals surface area contributed by atoms with Crippen molar-refractivity contribution in [2.45, 2.75) is 57.0 Å². The number of imidazole rings is 1. The fourth-order valence-electron chi connectivity index (χ4n) is 4.58. The molecule has 3 rings (SSSR count). The van der Waals surface area contributed by atoms with E-state index in [9.17, 15) is 67.8 Å². The van der Waals surface area contributed by atoms with E-state index in [1.165, 1.54) is 13.8 Å². The van der Waals surface area contributed by atoms with Crippen molar-refractivity contribution >= 4 is 74.9 Å². The molecule has 2 amide bonds. The molecule has 0 spiro atoms. The smallest absolute Gasteiger partial charge is 0.388 e. The Bertz CT molecular complexity index is 1880. The number of ketones is 1. The molecule has 27 nitrogen and oxygen atoms in total. The number of carbonyl (C=O) groups excluding carboxylic acids is 4. The van der Waals surface area contributed by atoms with Crippen LogP contribution in [-0.2, 0) is 55.5 Å². The maximum atomic E-state index is 12.6. The molecular weight excluding hydrogens is 843 g/mol. The normalized spacial score (nSPS) is 22.2. The number of nitrogens with zero attached hydrogens (tertiary/aromatic N) is 4. The number of aliphatic hydroxyl groups is 4. The Morgan fingerprint density at radius 2 is 1.70 bits per heavy atom. The predicted molar refractivity (Wildman–Crippen MR) is 185 cm³/mol. The third-order valence-corrected chi connectivity index (χ3v) is 11.4. The first kappa shape index (κ1) is 47.5. The van der Waals surface area contributed by atoms with Crippen molar-refractivity contribution in [3.63, 3.8) is 0 Å². The molecule has 0 aromatic carbocycles. The molecule has 0 saturated carbocycles. The Morgan fingerprint density at radius 3 is 2.34 bits per heavy atom. The summed E-state index contributed by atoms with van der Waals surface area (Å²) in [4.78, 5) is 98.0. The molecule has 1 saturated heterocycles. The average molecular weight is 884 g/mol. The summed E-state index contributed by atoms with van der Waals surface area (Å²) in [6, 6.07) is 0. The number of hydrogen-bond donors (Lipinski definition) is 11. The van der Waals surface area contributed by atoms with Crippen LogP contribution in [0.3, 0.4) is 0 Å². The summed E-state index contributed by atoms with van der Waals surface area (Å²) in [6.07, 6.45) is -9.23. The highest BCUT2D eigenvalue weighted by Crippen LogP contribution is 2.61. The number of thioether (sulfide) groups is 1. The lowest BCUT2D eigenvalue weighted by Gasteiger charge is -2.30. The third-order valence-electron chi connectivity index (χ3n) is 7.43. The fraction of sp³-hybridized carbons (Fsp3) is 0.640. The van der Waals surface area contributed by atoms with Gasteiger partial charge in [0.2, 0.25) is 16.9 Å². The first-order chi connectivity index (χ1) is 25.9. The number of aliphatic hydroxyl groups excluding tert-OH is 4. The van der Waals surface area contributed by atoms with Crippen LogP contribution in [-0.4, -0.2) is 151 Å². The Balaban J connectivity index is 1.49. The van der Waals surface area contributed by atoms with Gasteiger partial charge < -0.3 is 61.1 Å². The molecule has 12 N–H and O–H groups in total. The molecule has 0 bridgehead atoms. The summed E-state index contributed by atoms with van der Waals surface area (Å²) in [7, 11) is -16.5. The Kier molecular flexibility index (Phi) is 16.7. The van der Waals surface area contributed by atoms with Crippen LogP contribution in [0.2, 0.25) is 0 Å². The molecule has 3 unspecified atom stereocenters. The van der Waals surface area contributed by atoms with Crippen molar-refractivity contribution in [3.8, 4) is 0 Å². The van der Waals surface area contributed by atoms with Gasteiger partial charge in [0.15, 0.2) is 29.6 Å².